The van der Waals surface area contributed by atoms with E-state index in [-0.39, 0.29) is 18.4 Å². The van der Waals surface area contributed by atoms with Crippen molar-refractivity contribution < 1.29 is 9.59 Å². The van der Waals surface area contributed by atoms with Gasteiger partial charge in [0.05, 0.1) is 12.2 Å². The Labute approximate surface area is 162 Å². The number of aryl methyl sites for hydroxylation is 1. The molecule has 2 amide bonds. The first kappa shape index (κ1) is 19.0. The smallest absolute Gasteiger partial charge is 0.251 e. The van der Waals surface area contributed by atoms with Gasteiger partial charge in [-0.1, -0.05) is 18.2 Å². The maximum Gasteiger partial charge on any atom is 0.251 e. The molecular weight excluding hydrogens is 358 g/mol. The Kier molecular flexibility index (Phi) is 6.29. The van der Waals surface area contributed by atoms with Crippen LogP contribution in [0.3, 0.4) is 0 Å². The van der Waals surface area contributed by atoms with Gasteiger partial charge in [-0.3, -0.25) is 9.59 Å². The summed E-state index contributed by atoms with van der Waals surface area (Å²) in [5.74, 6) is 0.737. The maximum atomic E-state index is 11.9. The Bertz CT molecular complexity index is 940. The van der Waals surface area contributed by atoms with E-state index in [1.165, 1.54) is 6.33 Å². The monoisotopic (exact) mass is 379 g/mol. The van der Waals surface area contributed by atoms with Gasteiger partial charge in [0.25, 0.3) is 5.91 Å². The molecule has 0 bridgehead atoms. The van der Waals surface area contributed by atoms with Crippen LogP contribution in [-0.4, -0.2) is 51.2 Å². The highest BCUT2D eigenvalue weighted by Crippen LogP contribution is 2.08. The molecule has 0 aliphatic rings. The normalized spacial score (nSPS) is 10.3. The van der Waals surface area contributed by atoms with E-state index in [1.54, 1.807) is 35.0 Å². The lowest BCUT2D eigenvalue weighted by Crippen LogP contribution is -2.38. The Hall–Kier alpha value is -3.75. The molecule has 2 heterocycles. The number of carbonyl (C=O) groups excluding carboxylic acids is 2. The van der Waals surface area contributed by atoms with Crippen molar-refractivity contribution in [1.82, 2.24) is 30.4 Å². The van der Waals surface area contributed by atoms with Gasteiger partial charge in [0.2, 0.25) is 5.91 Å². The van der Waals surface area contributed by atoms with Crippen molar-refractivity contribution in [2.45, 2.75) is 6.92 Å². The molecule has 28 heavy (non-hydrogen) atoms. The van der Waals surface area contributed by atoms with Gasteiger partial charge in [-0.05, 0) is 25.1 Å². The summed E-state index contributed by atoms with van der Waals surface area (Å²) in [5, 5.41) is 12.7. The highest BCUT2D eigenvalue weighted by Gasteiger charge is 2.07. The van der Waals surface area contributed by atoms with Crippen molar-refractivity contribution in [3.8, 4) is 5.82 Å². The number of hydrogen-bond donors (Lipinski definition) is 3. The molecule has 0 unspecified atom stereocenters. The quantitative estimate of drug-likeness (QED) is 0.502. The van der Waals surface area contributed by atoms with Crippen LogP contribution in [-0.2, 0) is 4.79 Å². The molecule has 3 rings (SSSR count). The zero-order valence-corrected chi connectivity index (χ0v) is 15.4. The second kappa shape index (κ2) is 9.26. The number of benzene rings is 1. The summed E-state index contributed by atoms with van der Waals surface area (Å²) in [7, 11) is 0. The third-order valence-corrected chi connectivity index (χ3v) is 3.81. The summed E-state index contributed by atoms with van der Waals surface area (Å²) >= 11 is 0. The molecule has 0 saturated heterocycles. The molecule has 9 nitrogen and oxygen atoms in total. The molecule has 0 atom stereocenters. The highest BCUT2D eigenvalue weighted by atomic mass is 16.2. The van der Waals surface area contributed by atoms with Crippen LogP contribution in [0.25, 0.3) is 5.82 Å². The fourth-order valence-corrected chi connectivity index (χ4v) is 2.42. The number of hydrogen-bond acceptors (Lipinski definition) is 6. The molecular formula is C19H21N7O2. The molecule has 0 aliphatic carbocycles. The second-order valence-corrected chi connectivity index (χ2v) is 5.99. The minimum absolute atomic E-state index is 0.0793. The zero-order valence-electron chi connectivity index (χ0n) is 15.4. The number of aromatic nitrogens is 4. The van der Waals surface area contributed by atoms with Crippen molar-refractivity contribution in [2.24, 2.45) is 0 Å². The van der Waals surface area contributed by atoms with Gasteiger partial charge in [0.1, 0.15) is 12.1 Å². The number of rotatable bonds is 8. The van der Waals surface area contributed by atoms with Gasteiger partial charge in [0, 0.05) is 30.9 Å². The number of carbonyl (C=O) groups is 2. The molecule has 9 heteroatoms. The summed E-state index contributed by atoms with van der Waals surface area (Å²) in [6.45, 7) is 2.69. The van der Waals surface area contributed by atoms with Gasteiger partial charge in [0.15, 0.2) is 5.82 Å². The van der Waals surface area contributed by atoms with Crippen LogP contribution >= 0.6 is 0 Å². The van der Waals surface area contributed by atoms with Crippen LogP contribution in [0, 0.1) is 6.92 Å². The Morgan fingerprint density at radius 1 is 1.04 bits per heavy atom. The SMILES string of the molecule is Cc1ccn(-c2cc(NCCNC(=O)CNC(=O)c3ccccc3)ncn2)n1. The van der Waals surface area contributed by atoms with E-state index in [0.717, 1.165) is 5.69 Å². The standard InChI is InChI=1S/C19H21N7O2/c1-14-7-10-26(25-14)17-11-16(23-13-24-17)20-8-9-21-18(27)12-22-19(28)15-5-3-2-4-6-15/h2-7,10-11,13H,8-9,12H2,1H3,(H,21,27)(H,22,28)(H,20,23,24). The number of nitrogens with zero attached hydrogens (tertiary/aromatic N) is 4. The lowest BCUT2D eigenvalue weighted by Gasteiger charge is -2.09. The number of anilines is 1. The molecule has 0 aliphatic heterocycles. The molecule has 0 fully saturated rings. The van der Waals surface area contributed by atoms with Crippen LogP contribution in [0.2, 0.25) is 0 Å². The fourth-order valence-electron chi connectivity index (χ4n) is 2.42. The molecule has 3 aromatic rings. The summed E-state index contributed by atoms with van der Waals surface area (Å²) in [6, 6.07) is 12.4. The summed E-state index contributed by atoms with van der Waals surface area (Å²) in [5.41, 5.74) is 1.42. The van der Waals surface area contributed by atoms with Gasteiger partial charge in [-0.2, -0.15) is 5.10 Å². The van der Waals surface area contributed by atoms with Crippen molar-refractivity contribution >= 4 is 17.6 Å². The largest absolute Gasteiger partial charge is 0.368 e. The lowest BCUT2D eigenvalue weighted by molar-refractivity contribution is -0.120. The van der Waals surface area contributed by atoms with E-state index in [0.29, 0.717) is 30.3 Å². The van der Waals surface area contributed by atoms with Crippen LogP contribution in [0.1, 0.15) is 16.1 Å². The highest BCUT2D eigenvalue weighted by molar-refractivity contribution is 5.96. The van der Waals surface area contributed by atoms with E-state index in [1.807, 2.05) is 25.3 Å². The first-order chi connectivity index (χ1) is 13.6. The topological polar surface area (TPSA) is 114 Å². The molecule has 0 spiro atoms. The molecule has 0 radical (unpaired) electrons. The van der Waals surface area contributed by atoms with Gasteiger partial charge in [-0.25, -0.2) is 14.6 Å². The van der Waals surface area contributed by atoms with E-state index in [4.69, 9.17) is 0 Å². The lowest BCUT2D eigenvalue weighted by atomic mass is 10.2. The van der Waals surface area contributed by atoms with Gasteiger partial charge in [-0.15, -0.1) is 0 Å². The average Bonchev–Trinajstić information content (AvgIpc) is 3.17. The van der Waals surface area contributed by atoms with E-state index in [9.17, 15) is 9.59 Å². The molecule has 2 aromatic heterocycles. The van der Waals surface area contributed by atoms with Crippen LogP contribution in [0.15, 0.2) is 55.0 Å². The predicted molar refractivity (Wildman–Crippen MR) is 104 cm³/mol. The third kappa shape index (κ3) is 5.37. The second-order valence-electron chi connectivity index (χ2n) is 5.99. The van der Waals surface area contributed by atoms with Crippen LogP contribution < -0.4 is 16.0 Å². The maximum absolute atomic E-state index is 11.9. The molecule has 1 aromatic carbocycles. The molecule has 0 saturated carbocycles. The van der Waals surface area contributed by atoms with Gasteiger partial charge >= 0.3 is 0 Å². The molecule has 144 valence electrons. The first-order valence-electron chi connectivity index (χ1n) is 8.80. The van der Waals surface area contributed by atoms with Crippen molar-refractivity contribution in [3.63, 3.8) is 0 Å². The van der Waals surface area contributed by atoms with E-state index >= 15 is 0 Å². The predicted octanol–water partition coefficient (Wildman–Crippen LogP) is 0.929. The number of amides is 2. The van der Waals surface area contributed by atoms with E-state index in [2.05, 4.69) is 31.0 Å². The van der Waals surface area contributed by atoms with Crippen LogP contribution in [0.4, 0.5) is 5.82 Å². The summed E-state index contributed by atoms with van der Waals surface area (Å²) < 4.78 is 1.67. The Balaban J connectivity index is 1.38. The minimum Gasteiger partial charge on any atom is -0.368 e. The third-order valence-electron chi connectivity index (χ3n) is 3.81. The van der Waals surface area contributed by atoms with Crippen molar-refractivity contribution in [1.29, 1.82) is 0 Å². The van der Waals surface area contributed by atoms with E-state index < -0.39 is 0 Å². The molecule has 3 N–H and O–H groups in total. The number of nitrogens with one attached hydrogen (secondary N) is 3. The first-order valence-corrected chi connectivity index (χ1v) is 8.80. The van der Waals surface area contributed by atoms with Crippen molar-refractivity contribution in [2.75, 3.05) is 25.0 Å². The van der Waals surface area contributed by atoms with Crippen molar-refractivity contribution in [3.05, 3.63) is 66.2 Å². The van der Waals surface area contributed by atoms with Crippen LogP contribution in [0.5, 0.6) is 0 Å². The summed E-state index contributed by atoms with van der Waals surface area (Å²) in [4.78, 5) is 32.1. The zero-order chi connectivity index (χ0) is 19.8. The Morgan fingerprint density at radius 3 is 2.61 bits per heavy atom. The van der Waals surface area contributed by atoms with Gasteiger partial charge < -0.3 is 16.0 Å². The summed E-state index contributed by atoms with van der Waals surface area (Å²) in [6.07, 6.45) is 3.28. The fraction of sp³-hybridized carbons (Fsp3) is 0.211. The average molecular weight is 379 g/mol. The minimum atomic E-state index is -0.281. The Morgan fingerprint density at radius 2 is 1.86 bits per heavy atom.